The molecule has 0 N–H and O–H groups in total. The van der Waals surface area contributed by atoms with Gasteiger partial charge in [-0.05, 0) is 46.6 Å². The zero-order valence-corrected chi connectivity index (χ0v) is 24.0. The van der Waals surface area contributed by atoms with Crippen LogP contribution in [-0.4, -0.2) is 83.6 Å². The second kappa shape index (κ2) is 16.9. The monoisotopic (exact) mass is 510 g/mol. The molecule has 0 aromatic rings. The molecule has 9 nitrogen and oxygen atoms in total. The normalized spacial score (nSPS) is 17.1. The van der Waals surface area contributed by atoms with Crippen LogP contribution in [0.5, 0.6) is 0 Å². The first-order chi connectivity index (χ1) is 15.7. The van der Waals surface area contributed by atoms with E-state index in [2.05, 4.69) is 6.58 Å². The van der Waals surface area contributed by atoms with E-state index in [1.165, 1.54) is 0 Å². The Bertz CT molecular complexity index is 515. The third kappa shape index (κ3) is 9.50. The van der Waals surface area contributed by atoms with Crippen LogP contribution >= 0.6 is 0 Å². The van der Waals surface area contributed by atoms with Crippen LogP contribution in [-0.2, 0) is 41.1 Å². The van der Waals surface area contributed by atoms with Gasteiger partial charge in [-0.15, -0.1) is 0 Å². The van der Waals surface area contributed by atoms with Crippen LogP contribution in [0.1, 0.15) is 53.4 Å². The molecule has 0 unspecified atom stereocenters. The quantitative estimate of drug-likeness (QED) is 0.107. The van der Waals surface area contributed by atoms with Crippen LogP contribution < -0.4 is 0 Å². The number of carbonyl (C=O) groups excluding carboxylic acids is 1. The van der Waals surface area contributed by atoms with Gasteiger partial charge < -0.3 is 36.3 Å². The number of rotatable bonds is 15. The highest BCUT2D eigenvalue weighted by atomic mass is 28.4. The molecular formula is C22H46O9Si2. The van der Waals surface area contributed by atoms with Gasteiger partial charge in [0, 0.05) is 66.3 Å². The molecule has 0 saturated carbocycles. The Labute approximate surface area is 202 Å². The van der Waals surface area contributed by atoms with Crippen LogP contribution in [0, 0.1) is 0 Å². The third-order valence-electron chi connectivity index (χ3n) is 5.46. The van der Waals surface area contributed by atoms with Crippen LogP contribution in [0.2, 0.25) is 12.1 Å². The Kier molecular flexibility index (Phi) is 16.6. The lowest BCUT2D eigenvalue weighted by molar-refractivity contribution is -0.183. The van der Waals surface area contributed by atoms with Crippen molar-refractivity contribution in [2.75, 3.05) is 54.9 Å². The maximum Gasteiger partial charge on any atom is 0.501 e. The molecule has 1 rings (SSSR count). The number of hydrogen-bond donors (Lipinski definition) is 0. The summed E-state index contributed by atoms with van der Waals surface area (Å²) in [6, 6.07) is 1.58. The van der Waals surface area contributed by atoms with Gasteiger partial charge in [0.25, 0.3) is 0 Å². The van der Waals surface area contributed by atoms with E-state index >= 15 is 0 Å². The smallest absolute Gasteiger partial charge is 0.462 e. The lowest BCUT2D eigenvalue weighted by Crippen LogP contribution is -2.65. The number of esters is 1. The van der Waals surface area contributed by atoms with Gasteiger partial charge >= 0.3 is 23.3 Å². The van der Waals surface area contributed by atoms with Crippen molar-refractivity contribution < 1.29 is 41.1 Å². The first-order valence-corrected chi connectivity index (χ1v) is 15.6. The van der Waals surface area contributed by atoms with Gasteiger partial charge in [0.1, 0.15) is 0 Å². The van der Waals surface area contributed by atoms with Crippen LogP contribution in [0.3, 0.4) is 0 Å². The molecule has 196 valence electrons. The highest BCUT2D eigenvalue weighted by molar-refractivity contribution is 6.70. The molecule has 1 aliphatic heterocycles. The first kappa shape index (κ1) is 32.4. The molecule has 33 heavy (non-hydrogen) atoms. The summed E-state index contributed by atoms with van der Waals surface area (Å²) in [5.41, 5.74) is -0.225. The van der Waals surface area contributed by atoms with Gasteiger partial charge in [-0.1, -0.05) is 13.0 Å². The summed E-state index contributed by atoms with van der Waals surface area (Å²) in [6.07, 6.45) is 3.74. The van der Waals surface area contributed by atoms with Gasteiger partial charge in [0.05, 0.1) is 6.61 Å². The van der Waals surface area contributed by atoms with Gasteiger partial charge in [-0.3, -0.25) is 0 Å². The predicted octanol–water partition coefficient (Wildman–Crippen LogP) is 3.98. The lowest BCUT2D eigenvalue weighted by atomic mass is 10.2. The van der Waals surface area contributed by atoms with Crippen molar-refractivity contribution in [3.05, 3.63) is 12.2 Å². The molecule has 1 aliphatic rings. The largest absolute Gasteiger partial charge is 0.501 e. The van der Waals surface area contributed by atoms with E-state index in [1.54, 1.807) is 35.4 Å². The van der Waals surface area contributed by atoms with E-state index in [9.17, 15) is 4.79 Å². The fraction of sp³-hybridized carbons (Fsp3) is 0.864. The minimum atomic E-state index is -2.61. The number of hydrogen-bond acceptors (Lipinski definition) is 9. The maximum absolute atomic E-state index is 11.2. The van der Waals surface area contributed by atoms with Gasteiger partial charge in [-0.25, -0.2) is 4.79 Å². The van der Waals surface area contributed by atoms with Crippen molar-refractivity contribution in [1.29, 1.82) is 0 Å². The highest BCUT2D eigenvalue weighted by Gasteiger charge is 2.60. The van der Waals surface area contributed by atoms with E-state index < -0.39 is 22.8 Å². The Balaban J connectivity index is 0.000000647. The second-order valence-corrected chi connectivity index (χ2v) is 13.8. The van der Waals surface area contributed by atoms with Crippen molar-refractivity contribution >= 4 is 23.3 Å². The Morgan fingerprint density at radius 3 is 1.82 bits per heavy atom. The number of methoxy groups -OCH3 is 2. The third-order valence-corrected chi connectivity index (χ3v) is 12.8. The lowest BCUT2D eigenvalue weighted by Gasteiger charge is -2.46. The zero-order valence-electron chi connectivity index (χ0n) is 22.0. The fourth-order valence-corrected chi connectivity index (χ4v) is 9.92. The zero-order chi connectivity index (χ0) is 25.4. The van der Waals surface area contributed by atoms with E-state index in [1.807, 2.05) is 20.8 Å². The minimum Gasteiger partial charge on any atom is -0.462 e. The molecule has 0 atom stereocenters. The van der Waals surface area contributed by atoms with Crippen LogP contribution in [0.15, 0.2) is 12.2 Å². The molecule has 0 amide bonds. The van der Waals surface area contributed by atoms with Gasteiger partial charge in [0.2, 0.25) is 5.41 Å². The summed E-state index contributed by atoms with van der Waals surface area (Å²) < 4.78 is 44.4. The standard InChI is InChI=1S/C13H26O5Si.C9H20O4Si/c1-6-16-19(17-7-2,18-8-3)11-9-10-15-13(14)12(4)5;1-10-9(11-2)7-5-6-8-14(9,12-3)13-4/h4,6-11H2,1-3,5H3;5-8H2,1-4H3. The molecule has 11 heteroatoms. The first-order valence-electron chi connectivity index (χ1n) is 11.7. The Morgan fingerprint density at radius 2 is 1.45 bits per heavy atom. The Hall–Kier alpha value is -0.636. The van der Waals surface area contributed by atoms with Crippen molar-refractivity contribution in [1.82, 2.24) is 0 Å². The predicted molar refractivity (Wildman–Crippen MR) is 131 cm³/mol. The molecule has 1 saturated heterocycles. The van der Waals surface area contributed by atoms with Crippen molar-refractivity contribution in [3.8, 4) is 0 Å². The summed E-state index contributed by atoms with van der Waals surface area (Å²) in [7, 11) is 1.74. The molecule has 1 heterocycles. The molecule has 1 fully saturated rings. The average Bonchev–Trinajstić information content (AvgIpc) is 2.82. The number of carbonyl (C=O) groups is 1. The molecule has 0 aliphatic carbocycles. The van der Waals surface area contributed by atoms with Crippen molar-refractivity contribution in [2.24, 2.45) is 0 Å². The number of ether oxygens (including phenoxy) is 3. The molecule has 0 spiro atoms. The molecular weight excluding hydrogens is 464 g/mol. The topological polar surface area (TPSA) is 90.9 Å². The van der Waals surface area contributed by atoms with Crippen molar-refractivity contribution in [2.45, 2.75) is 70.9 Å². The minimum absolute atomic E-state index is 0.327. The summed E-state index contributed by atoms with van der Waals surface area (Å²) in [5, 5.41) is 0. The SMILES string of the molecule is C=C(C)C(=O)OCCC[Si](OCC)(OCC)OCC.COC1(OC)CCCC[Si]1(OC)OC. The van der Waals surface area contributed by atoms with Gasteiger partial charge in [0.15, 0.2) is 0 Å². The van der Waals surface area contributed by atoms with E-state index in [-0.39, 0.29) is 5.97 Å². The Morgan fingerprint density at radius 1 is 0.939 bits per heavy atom. The second-order valence-electron chi connectivity index (χ2n) is 7.53. The molecule has 0 bridgehead atoms. The summed E-state index contributed by atoms with van der Waals surface area (Å²) in [5.74, 6) is -0.364. The molecule has 0 aromatic heterocycles. The fourth-order valence-electron chi connectivity index (χ4n) is 3.87. The maximum atomic E-state index is 11.2. The highest BCUT2D eigenvalue weighted by Crippen LogP contribution is 2.40. The average molecular weight is 511 g/mol. The van der Waals surface area contributed by atoms with E-state index in [0.29, 0.717) is 44.5 Å². The summed E-state index contributed by atoms with van der Waals surface area (Å²) >= 11 is 0. The van der Waals surface area contributed by atoms with Gasteiger partial charge in [-0.2, -0.15) is 0 Å². The van der Waals surface area contributed by atoms with E-state index in [4.69, 9.17) is 36.3 Å². The molecule has 0 aromatic carbocycles. The van der Waals surface area contributed by atoms with Crippen LogP contribution in [0.4, 0.5) is 0 Å². The van der Waals surface area contributed by atoms with Crippen molar-refractivity contribution in [3.63, 3.8) is 0 Å². The summed E-state index contributed by atoms with van der Waals surface area (Å²) in [6.45, 7) is 12.9. The van der Waals surface area contributed by atoms with E-state index in [0.717, 1.165) is 25.3 Å². The van der Waals surface area contributed by atoms with Crippen LogP contribution in [0.25, 0.3) is 0 Å². The molecule has 0 radical (unpaired) electrons. The summed E-state index contributed by atoms with van der Waals surface area (Å²) in [4.78, 5) is 11.2.